The van der Waals surface area contributed by atoms with Crippen LogP contribution in [0, 0.1) is 0 Å². The van der Waals surface area contributed by atoms with E-state index in [1.807, 2.05) is 0 Å². The first-order valence-corrected chi connectivity index (χ1v) is 6.22. The molecule has 0 unspecified atom stereocenters. The molecule has 0 N–H and O–H groups in total. The van der Waals surface area contributed by atoms with Gasteiger partial charge in [-0.05, 0) is 6.42 Å². The van der Waals surface area contributed by atoms with Crippen LogP contribution in [0.5, 0.6) is 0 Å². The molecule has 3 nitrogen and oxygen atoms in total. The van der Waals surface area contributed by atoms with Gasteiger partial charge in [-0.1, -0.05) is 6.08 Å². The summed E-state index contributed by atoms with van der Waals surface area (Å²) in [4.78, 5) is 0. The summed E-state index contributed by atoms with van der Waals surface area (Å²) >= 11 is 5.18. The normalized spacial score (nSPS) is 20.1. The van der Waals surface area contributed by atoms with Crippen LogP contribution in [0.3, 0.4) is 0 Å². The summed E-state index contributed by atoms with van der Waals surface area (Å²) in [6.45, 7) is -0.426. The van der Waals surface area contributed by atoms with E-state index in [0.717, 1.165) is 10.4 Å². The van der Waals surface area contributed by atoms with Gasteiger partial charge < -0.3 is 0 Å². The Morgan fingerprint density at radius 1 is 1.47 bits per heavy atom. The third-order valence-electron chi connectivity index (χ3n) is 2.07. The molecular weight excluding hydrogens is 255 g/mol. The molecule has 0 fully saturated rings. The first-order valence-electron chi connectivity index (χ1n) is 4.07. The van der Waals surface area contributed by atoms with Crippen molar-refractivity contribution in [3.8, 4) is 0 Å². The molecular formula is C7H9ClF3NO2S. The van der Waals surface area contributed by atoms with Crippen molar-refractivity contribution in [2.75, 3.05) is 18.3 Å². The Morgan fingerprint density at radius 3 is 2.40 bits per heavy atom. The van der Waals surface area contributed by atoms with Gasteiger partial charge in [-0.25, -0.2) is 8.42 Å². The first kappa shape index (κ1) is 12.8. The molecule has 0 aromatic carbocycles. The summed E-state index contributed by atoms with van der Waals surface area (Å²) in [6.07, 6.45) is -3.80. The maximum absolute atomic E-state index is 12.2. The molecule has 0 spiro atoms. The highest BCUT2D eigenvalue weighted by molar-refractivity contribution is 7.90. The van der Waals surface area contributed by atoms with Crippen molar-refractivity contribution < 1.29 is 21.6 Å². The van der Waals surface area contributed by atoms with Gasteiger partial charge in [0.05, 0.1) is 0 Å². The van der Waals surface area contributed by atoms with Crippen molar-refractivity contribution in [2.45, 2.75) is 12.6 Å². The minimum atomic E-state index is -4.36. The van der Waals surface area contributed by atoms with Gasteiger partial charge >= 0.3 is 6.18 Å². The Morgan fingerprint density at radius 2 is 2.07 bits per heavy atom. The van der Waals surface area contributed by atoms with Crippen molar-refractivity contribution in [2.24, 2.45) is 0 Å². The molecule has 88 valence electrons. The number of nitrogens with zero attached hydrogens (tertiary/aromatic N) is 1. The molecule has 0 bridgehead atoms. The van der Waals surface area contributed by atoms with E-state index in [0.29, 0.717) is 0 Å². The van der Waals surface area contributed by atoms with E-state index in [1.165, 1.54) is 0 Å². The van der Waals surface area contributed by atoms with Crippen molar-refractivity contribution in [3.63, 3.8) is 0 Å². The Balaban J connectivity index is 2.75. The van der Waals surface area contributed by atoms with E-state index in [9.17, 15) is 21.6 Å². The molecule has 8 heteroatoms. The van der Waals surface area contributed by atoms with Crippen LogP contribution in [0.25, 0.3) is 0 Å². The number of alkyl halides is 4. The standard InChI is InChI=1S/C7H9ClF3NO2S/c8-5-15(13,14)12-3-1-6(2-4-12)7(9,10)11/h1H,2-5H2. The topological polar surface area (TPSA) is 37.4 Å². The maximum Gasteiger partial charge on any atom is 0.412 e. The lowest BCUT2D eigenvalue weighted by Crippen LogP contribution is -2.37. The number of halogens is 4. The molecule has 0 atom stereocenters. The van der Waals surface area contributed by atoms with Gasteiger partial charge in [0.15, 0.2) is 0 Å². The van der Waals surface area contributed by atoms with Crippen LogP contribution in [-0.2, 0) is 10.0 Å². The van der Waals surface area contributed by atoms with E-state index < -0.39 is 27.0 Å². The molecule has 0 amide bonds. The van der Waals surface area contributed by atoms with Crippen LogP contribution in [0.4, 0.5) is 13.2 Å². The minimum Gasteiger partial charge on any atom is -0.211 e. The molecule has 0 saturated carbocycles. The average molecular weight is 264 g/mol. The quantitative estimate of drug-likeness (QED) is 0.562. The van der Waals surface area contributed by atoms with Crippen LogP contribution < -0.4 is 0 Å². The van der Waals surface area contributed by atoms with Gasteiger partial charge in [0, 0.05) is 18.7 Å². The SMILES string of the molecule is O=S(=O)(CCl)N1CC=C(C(F)(F)F)CC1. The van der Waals surface area contributed by atoms with E-state index in [4.69, 9.17) is 11.6 Å². The van der Waals surface area contributed by atoms with Gasteiger partial charge in [0.1, 0.15) is 5.21 Å². The second-order valence-corrected chi connectivity index (χ2v) is 5.61. The molecule has 1 rings (SSSR count). The number of hydrogen-bond donors (Lipinski definition) is 0. The first-order chi connectivity index (χ1) is 6.77. The Labute approximate surface area is 90.6 Å². The van der Waals surface area contributed by atoms with Crippen LogP contribution in [0.15, 0.2) is 11.6 Å². The second kappa shape index (κ2) is 4.31. The Bertz CT molecular complexity index is 363. The van der Waals surface area contributed by atoms with Crippen molar-refractivity contribution in [3.05, 3.63) is 11.6 Å². The maximum atomic E-state index is 12.2. The van der Waals surface area contributed by atoms with E-state index >= 15 is 0 Å². The fraction of sp³-hybridized carbons (Fsp3) is 0.714. The highest BCUT2D eigenvalue weighted by Gasteiger charge is 2.36. The van der Waals surface area contributed by atoms with E-state index in [-0.39, 0.29) is 19.5 Å². The molecule has 0 radical (unpaired) electrons. The summed E-state index contributed by atoms with van der Waals surface area (Å²) in [5.74, 6) is 0. The fourth-order valence-electron chi connectivity index (χ4n) is 1.23. The number of hydrogen-bond acceptors (Lipinski definition) is 2. The van der Waals surface area contributed by atoms with Crippen LogP contribution >= 0.6 is 11.6 Å². The lowest BCUT2D eigenvalue weighted by Gasteiger charge is -2.25. The van der Waals surface area contributed by atoms with Crippen LogP contribution in [0.2, 0.25) is 0 Å². The van der Waals surface area contributed by atoms with E-state index in [1.54, 1.807) is 0 Å². The van der Waals surface area contributed by atoms with Gasteiger partial charge in [0.2, 0.25) is 10.0 Å². The van der Waals surface area contributed by atoms with Gasteiger partial charge in [-0.2, -0.15) is 17.5 Å². The summed E-state index contributed by atoms with van der Waals surface area (Å²) in [5.41, 5.74) is -0.677. The van der Waals surface area contributed by atoms with Gasteiger partial charge in [0.25, 0.3) is 0 Å². The van der Waals surface area contributed by atoms with Crippen molar-refractivity contribution in [1.29, 1.82) is 0 Å². The molecule has 15 heavy (non-hydrogen) atoms. The summed E-state index contributed by atoms with van der Waals surface area (Å²) in [6, 6.07) is 0. The lowest BCUT2D eigenvalue weighted by atomic mass is 10.1. The van der Waals surface area contributed by atoms with E-state index in [2.05, 4.69) is 0 Å². The molecule has 1 aliphatic heterocycles. The Hall–Kier alpha value is -0.270. The number of rotatable bonds is 2. The molecule has 0 aliphatic carbocycles. The highest BCUT2D eigenvalue weighted by Crippen LogP contribution is 2.30. The predicted octanol–water partition coefficient (Wildman–Crippen LogP) is 1.71. The zero-order chi connectivity index (χ0) is 11.7. The Kier molecular flexibility index (Phi) is 3.67. The molecule has 0 saturated heterocycles. The average Bonchev–Trinajstić information content (AvgIpc) is 2.17. The third-order valence-corrected chi connectivity index (χ3v) is 4.29. The molecule has 0 aromatic rings. The fourth-order valence-corrected chi connectivity index (χ4v) is 2.45. The molecule has 1 aliphatic rings. The second-order valence-electron chi connectivity index (χ2n) is 3.06. The molecule has 1 heterocycles. The summed E-state index contributed by atoms with van der Waals surface area (Å²) in [5, 5.41) is -0.609. The number of sulfonamides is 1. The molecule has 0 aromatic heterocycles. The zero-order valence-corrected chi connectivity index (χ0v) is 9.16. The predicted molar refractivity (Wildman–Crippen MR) is 50.0 cm³/mol. The van der Waals surface area contributed by atoms with Crippen molar-refractivity contribution >= 4 is 21.6 Å². The summed E-state index contributed by atoms with van der Waals surface area (Å²) < 4.78 is 59.9. The lowest BCUT2D eigenvalue weighted by molar-refractivity contribution is -0.0953. The smallest absolute Gasteiger partial charge is 0.211 e. The minimum absolute atomic E-state index is 0.166. The van der Waals surface area contributed by atoms with Crippen LogP contribution in [0.1, 0.15) is 6.42 Å². The largest absolute Gasteiger partial charge is 0.412 e. The van der Waals surface area contributed by atoms with Crippen LogP contribution in [-0.4, -0.2) is 37.2 Å². The van der Waals surface area contributed by atoms with Crippen molar-refractivity contribution in [1.82, 2.24) is 4.31 Å². The van der Waals surface area contributed by atoms with Gasteiger partial charge in [-0.15, -0.1) is 11.6 Å². The van der Waals surface area contributed by atoms with Gasteiger partial charge in [-0.3, -0.25) is 0 Å². The monoisotopic (exact) mass is 263 g/mol. The summed E-state index contributed by atoms with van der Waals surface area (Å²) in [7, 11) is -3.60. The third kappa shape index (κ3) is 3.09. The highest BCUT2D eigenvalue weighted by atomic mass is 35.5. The zero-order valence-electron chi connectivity index (χ0n) is 7.59.